The molecule has 98 valence electrons. The fourth-order valence-electron chi connectivity index (χ4n) is 2.19. The van der Waals surface area contributed by atoms with E-state index in [1.807, 2.05) is 0 Å². The van der Waals surface area contributed by atoms with Crippen LogP contribution >= 0.6 is 0 Å². The second kappa shape index (κ2) is 4.15. The molecule has 0 unspecified atom stereocenters. The number of alkyl halides is 3. The van der Waals surface area contributed by atoms with E-state index in [4.69, 9.17) is 4.74 Å². The van der Waals surface area contributed by atoms with Gasteiger partial charge in [-0.1, -0.05) is 12.1 Å². The number of nitro groups is 1. The molecule has 4 nitrogen and oxygen atoms in total. The highest BCUT2D eigenvalue weighted by Crippen LogP contribution is 2.57. The number of hydrogen-bond acceptors (Lipinski definition) is 3. The van der Waals surface area contributed by atoms with E-state index in [1.165, 1.54) is 31.4 Å². The van der Waals surface area contributed by atoms with Crippen LogP contribution in [0.1, 0.15) is 11.5 Å². The van der Waals surface area contributed by atoms with Crippen molar-refractivity contribution in [2.24, 2.45) is 5.92 Å². The van der Waals surface area contributed by atoms with Crippen LogP contribution in [0.5, 0.6) is 5.75 Å². The number of hydrogen-bond donors (Lipinski definition) is 0. The lowest BCUT2D eigenvalue weighted by molar-refractivity contribution is -0.503. The van der Waals surface area contributed by atoms with Crippen molar-refractivity contribution in [3.05, 3.63) is 39.9 Å². The molecule has 7 heteroatoms. The standard InChI is InChI=1S/C11H10F3NO3/c1-18-7-4-2-6(3-5-7)8-9(11(12,13)14)10(8)15(16)17/h2-5,8-10H,1H3/t8-,9+,10+/m1/s1. The second-order valence-corrected chi connectivity index (χ2v) is 4.14. The summed E-state index contributed by atoms with van der Waals surface area (Å²) in [6.07, 6.45) is -4.54. The zero-order chi connectivity index (χ0) is 13.5. The molecule has 0 bridgehead atoms. The van der Waals surface area contributed by atoms with Crippen molar-refractivity contribution in [3.63, 3.8) is 0 Å². The second-order valence-electron chi connectivity index (χ2n) is 4.14. The molecule has 0 radical (unpaired) electrons. The summed E-state index contributed by atoms with van der Waals surface area (Å²) in [5.74, 6) is -2.48. The average molecular weight is 261 g/mol. The normalized spacial score (nSPS) is 26.8. The number of rotatable bonds is 3. The minimum Gasteiger partial charge on any atom is -0.497 e. The molecule has 2 rings (SSSR count). The Morgan fingerprint density at radius 2 is 1.83 bits per heavy atom. The predicted molar refractivity (Wildman–Crippen MR) is 56.1 cm³/mol. The summed E-state index contributed by atoms with van der Waals surface area (Å²) in [4.78, 5) is 9.75. The molecule has 3 atom stereocenters. The van der Waals surface area contributed by atoms with Gasteiger partial charge in [-0.25, -0.2) is 0 Å². The van der Waals surface area contributed by atoms with Gasteiger partial charge in [-0.15, -0.1) is 0 Å². The van der Waals surface area contributed by atoms with Gasteiger partial charge < -0.3 is 4.74 Å². The Kier molecular flexibility index (Phi) is 2.92. The smallest absolute Gasteiger partial charge is 0.399 e. The van der Waals surface area contributed by atoms with Gasteiger partial charge in [0, 0.05) is 4.92 Å². The summed E-state index contributed by atoms with van der Waals surface area (Å²) >= 11 is 0. The van der Waals surface area contributed by atoms with Gasteiger partial charge in [0.25, 0.3) is 0 Å². The van der Waals surface area contributed by atoms with Crippen LogP contribution in [0.2, 0.25) is 0 Å². The predicted octanol–water partition coefficient (Wildman–Crippen LogP) is 2.62. The average Bonchev–Trinajstić information content (AvgIpc) is 3.04. The van der Waals surface area contributed by atoms with Crippen LogP contribution < -0.4 is 4.74 Å². The highest BCUT2D eigenvalue weighted by Gasteiger charge is 2.72. The Bertz CT molecular complexity index is 458. The molecular weight excluding hydrogens is 251 g/mol. The number of halogens is 3. The number of nitrogens with zero attached hydrogens (tertiary/aromatic N) is 1. The maximum absolute atomic E-state index is 12.6. The Labute approximate surface area is 101 Å². The molecular formula is C11H10F3NO3. The molecule has 1 aromatic rings. The maximum Gasteiger partial charge on any atom is 0.399 e. The third kappa shape index (κ3) is 2.12. The van der Waals surface area contributed by atoms with E-state index in [9.17, 15) is 23.3 Å². The molecule has 0 aliphatic heterocycles. The van der Waals surface area contributed by atoms with Gasteiger partial charge in [0.2, 0.25) is 6.04 Å². The van der Waals surface area contributed by atoms with E-state index in [0.717, 1.165) is 0 Å². The van der Waals surface area contributed by atoms with E-state index in [-0.39, 0.29) is 0 Å². The Morgan fingerprint density at radius 1 is 1.28 bits per heavy atom. The first kappa shape index (κ1) is 12.7. The van der Waals surface area contributed by atoms with Gasteiger partial charge >= 0.3 is 6.18 Å². The van der Waals surface area contributed by atoms with E-state index >= 15 is 0 Å². The van der Waals surface area contributed by atoms with E-state index in [2.05, 4.69) is 0 Å². The molecule has 0 aromatic heterocycles. The molecule has 0 N–H and O–H groups in total. The van der Waals surface area contributed by atoms with Gasteiger partial charge in [0.05, 0.1) is 13.0 Å². The zero-order valence-corrected chi connectivity index (χ0v) is 9.35. The van der Waals surface area contributed by atoms with Crippen LogP contribution in [0, 0.1) is 16.0 Å². The molecule has 1 aromatic carbocycles. The van der Waals surface area contributed by atoms with Crippen molar-refractivity contribution >= 4 is 0 Å². The third-order valence-electron chi connectivity index (χ3n) is 3.10. The molecule has 0 heterocycles. The minimum atomic E-state index is -4.54. The van der Waals surface area contributed by atoms with Crippen molar-refractivity contribution in [3.8, 4) is 5.75 Å². The number of ether oxygens (including phenoxy) is 1. The Balaban J connectivity index is 2.24. The summed E-state index contributed by atoms with van der Waals surface area (Å²) in [5, 5.41) is 10.6. The fraction of sp³-hybridized carbons (Fsp3) is 0.455. The van der Waals surface area contributed by atoms with Gasteiger partial charge in [-0.3, -0.25) is 10.1 Å². The summed E-state index contributed by atoms with van der Waals surface area (Å²) in [7, 11) is 1.43. The lowest BCUT2D eigenvalue weighted by atomic mass is 10.1. The molecule has 0 amide bonds. The lowest BCUT2D eigenvalue weighted by Gasteiger charge is -2.03. The largest absolute Gasteiger partial charge is 0.497 e. The van der Waals surface area contributed by atoms with Crippen LogP contribution in [0.15, 0.2) is 24.3 Å². The van der Waals surface area contributed by atoms with Crippen LogP contribution in [0.4, 0.5) is 13.2 Å². The molecule has 1 fully saturated rings. The highest BCUT2D eigenvalue weighted by atomic mass is 19.4. The van der Waals surface area contributed by atoms with Gasteiger partial charge in [-0.05, 0) is 17.7 Å². The van der Waals surface area contributed by atoms with Crippen molar-refractivity contribution < 1.29 is 22.8 Å². The molecule has 0 spiro atoms. The van der Waals surface area contributed by atoms with Crippen LogP contribution in [-0.4, -0.2) is 24.3 Å². The maximum atomic E-state index is 12.6. The van der Waals surface area contributed by atoms with E-state index in [1.54, 1.807) is 0 Å². The Morgan fingerprint density at radius 3 is 2.17 bits per heavy atom. The summed E-state index contributed by atoms with van der Waals surface area (Å²) in [6.45, 7) is 0. The third-order valence-corrected chi connectivity index (χ3v) is 3.10. The van der Waals surface area contributed by atoms with Crippen LogP contribution in [0.3, 0.4) is 0 Å². The van der Waals surface area contributed by atoms with Gasteiger partial charge in [-0.2, -0.15) is 13.2 Å². The first-order valence-electron chi connectivity index (χ1n) is 5.20. The van der Waals surface area contributed by atoms with E-state index in [0.29, 0.717) is 11.3 Å². The van der Waals surface area contributed by atoms with Crippen molar-refractivity contribution in [1.82, 2.24) is 0 Å². The zero-order valence-electron chi connectivity index (χ0n) is 9.35. The minimum absolute atomic E-state index is 0.319. The molecule has 1 aliphatic rings. The SMILES string of the molecule is COc1ccc([C@H]2[C@H]([N+](=O)[O-])[C@H]2C(F)(F)F)cc1. The fourth-order valence-corrected chi connectivity index (χ4v) is 2.19. The first-order chi connectivity index (χ1) is 8.36. The summed E-state index contributed by atoms with van der Waals surface area (Å²) in [6, 6.07) is 4.30. The quantitative estimate of drug-likeness (QED) is 0.620. The summed E-state index contributed by atoms with van der Waals surface area (Å²) in [5.41, 5.74) is 0.319. The molecule has 0 saturated heterocycles. The van der Waals surface area contributed by atoms with Crippen LogP contribution in [-0.2, 0) is 0 Å². The topological polar surface area (TPSA) is 52.4 Å². The van der Waals surface area contributed by atoms with E-state index < -0.39 is 29.0 Å². The molecule has 1 aliphatic carbocycles. The van der Waals surface area contributed by atoms with Crippen molar-refractivity contribution in [2.45, 2.75) is 18.1 Å². The van der Waals surface area contributed by atoms with Crippen LogP contribution in [0.25, 0.3) is 0 Å². The molecule has 1 saturated carbocycles. The first-order valence-corrected chi connectivity index (χ1v) is 5.20. The van der Waals surface area contributed by atoms with Gasteiger partial charge in [0.15, 0.2) is 0 Å². The number of benzene rings is 1. The Hall–Kier alpha value is -1.79. The lowest BCUT2D eigenvalue weighted by Crippen LogP contribution is -2.17. The summed E-state index contributed by atoms with van der Waals surface area (Å²) < 4.78 is 42.7. The molecule has 18 heavy (non-hydrogen) atoms. The highest BCUT2D eigenvalue weighted by molar-refractivity contribution is 5.35. The van der Waals surface area contributed by atoms with Gasteiger partial charge in [0.1, 0.15) is 11.7 Å². The van der Waals surface area contributed by atoms with Crippen molar-refractivity contribution in [1.29, 1.82) is 0 Å². The van der Waals surface area contributed by atoms with Crippen molar-refractivity contribution in [2.75, 3.05) is 7.11 Å². The number of methoxy groups -OCH3 is 1. The monoisotopic (exact) mass is 261 g/mol.